The molecule has 12 heavy (non-hydrogen) atoms. The molecule has 0 aromatic carbocycles. The molecule has 0 bridgehead atoms. The van der Waals surface area contributed by atoms with Crippen LogP contribution in [0.25, 0.3) is 0 Å². The van der Waals surface area contributed by atoms with E-state index < -0.39 is 0 Å². The van der Waals surface area contributed by atoms with Crippen LogP contribution in [0.4, 0.5) is 0 Å². The van der Waals surface area contributed by atoms with Crippen LogP contribution in [0, 0.1) is 5.92 Å². The molecule has 0 radical (unpaired) electrons. The van der Waals surface area contributed by atoms with Gasteiger partial charge in [0, 0.05) is 20.0 Å². The van der Waals surface area contributed by atoms with E-state index in [0.29, 0.717) is 0 Å². The first kappa shape index (κ1) is 22.5. The Morgan fingerprint density at radius 2 is 1.58 bits per heavy atom. The molecule has 78 valence electrons. The molecule has 0 saturated heterocycles. The average molecular weight is 177 g/mol. The van der Waals surface area contributed by atoms with Crippen molar-refractivity contribution in [1.29, 1.82) is 0 Å². The number of amides is 1. The Bertz CT molecular complexity index is 100. The van der Waals surface area contributed by atoms with Gasteiger partial charge in [0.15, 0.2) is 0 Å². The maximum atomic E-state index is 11.0. The Morgan fingerprint density at radius 3 is 1.67 bits per heavy atom. The van der Waals surface area contributed by atoms with Crippen molar-refractivity contribution < 1.29 is 4.79 Å². The molecule has 2 nitrogen and oxygen atoms in total. The largest absolute Gasteiger partial charge is 0.349 e. The summed E-state index contributed by atoms with van der Waals surface area (Å²) in [5, 5.41) is 0. The standard InChI is InChI=1S/C7H15NO.3CH4/c1-5-6(2)7(9)8(3)4;;;/h6H,5H2,1-4H3;3*1H4. The summed E-state index contributed by atoms with van der Waals surface area (Å²) < 4.78 is 0. The van der Waals surface area contributed by atoms with Crippen molar-refractivity contribution in [1.82, 2.24) is 4.90 Å². The normalized spacial score (nSPS) is 9.67. The predicted octanol–water partition coefficient (Wildman–Crippen LogP) is 3.03. The smallest absolute Gasteiger partial charge is 0.224 e. The number of carbonyl (C=O) groups is 1. The number of nitrogens with zero attached hydrogens (tertiary/aromatic N) is 1. The van der Waals surface area contributed by atoms with E-state index >= 15 is 0 Å². The highest BCUT2D eigenvalue weighted by Crippen LogP contribution is 2.02. The molecule has 1 amide bonds. The molecule has 0 heterocycles. The highest BCUT2D eigenvalue weighted by Gasteiger charge is 2.10. The summed E-state index contributed by atoms with van der Waals surface area (Å²) in [6, 6.07) is 0. The van der Waals surface area contributed by atoms with Gasteiger partial charge in [-0.15, -0.1) is 0 Å². The van der Waals surface area contributed by atoms with Gasteiger partial charge in [-0.2, -0.15) is 0 Å². The fourth-order valence-electron chi connectivity index (χ4n) is 0.615. The zero-order valence-electron chi connectivity index (χ0n) is 6.64. The van der Waals surface area contributed by atoms with Crippen molar-refractivity contribution in [2.45, 2.75) is 42.5 Å². The van der Waals surface area contributed by atoms with Gasteiger partial charge in [0.25, 0.3) is 0 Å². The second kappa shape index (κ2) is 10.5. The molecule has 0 spiro atoms. The van der Waals surface area contributed by atoms with Gasteiger partial charge in [-0.3, -0.25) is 4.79 Å². The molecule has 0 aliphatic rings. The number of rotatable bonds is 2. The van der Waals surface area contributed by atoms with Gasteiger partial charge < -0.3 is 4.90 Å². The minimum Gasteiger partial charge on any atom is -0.349 e. The SMILES string of the molecule is C.C.C.CCC(C)C(=O)N(C)C. The van der Waals surface area contributed by atoms with Crippen LogP contribution in [0.5, 0.6) is 0 Å². The summed E-state index contributed by atoms with van der Waals surface area (Å²) in [5.41, 5.74) is 0. The summed E-state index contributed by atoms with van der Waals surface area (Å²) in [4.78, 5) is 12.6. The van der Waals surface area contributed by atoms with Crippen LogP contribution in [0.15, 0.2) is 0 Å². The first-order chi connectivity index (χ1) is 4.09. The summed E-state index contributed by atoms with van der Waals surface area (Å²) in [6.07, 6.45) is 0.928. The van der Waals surface area contributed by atoms with Crippen LogP contribution >= 0.6 is 0 Å². The third-order valence-electron chi connectivity index (χ3n) is 1.47. The quantitative estimate of drug-likeness (QED) is 0.635. The molecular weight excluding hydrogens is 150 g/mol. The molecule has 0 fully saturated rings. The lowest BCUT2D eigenvalue weighted by molar-refractivity contribution is -0.132. The van der Waals surface area contributed by atoms with E-state index in [2.05, 4.69) is 0 Å². The number of carbonyl (C=O) groups excluding carboxylic acids is 1. The Labute approximate surface area is 79.0 Å². The van der Waals surface area contributed by atoms with Gasteiger partial charge >= 0.3 is 0 Å². The highest BCUT2D eigenvalue weighted by atomic mass is 16.2. The average Bonchev–Trinajstić information content (AvgIpc) is 1.84. The Hall–Kier alpha value is -0.530. The van der Waals surface area contributed by atoms with E-state index in [0.717, 1.165) is 6.42 Å². The second-order valence-corrected chi connectivity index (χ2v) is 2.54. The van der Waals surface area contributed by atoms with Crippen molar-refractivity contribution in [2.75, 3.05) is 14.1 Å². The van der Waals surface area contributed by atoms with Gasteiger partial charge in [-0.25, -0.2) is 0 Å². The lowest BCUT2D eigenvalue weighted by Crippen LogP contribution is -2.27. The lowest BCUT2D eigenvalue weighted by atomic mass is 10.1. The maximum Gasteiger partial charge on any atom is 0.224 e. The molecule has 0 rings (SSSR count). The van der Waals surface area contributed by atoms with E-state index in [1.165, 1.54) is 0 Å². The summed E-state index contributed by atoms with van der Waals surface area (Å²) in [6.45, 7) is 3.97. The molecule has 0 aromatic rings. The summed E-state index contributed by atoms with van der Waals surface area (Å²) in [7, 11) is 3.57. The fraction of sp³-hybridized carbons (Fsp3) is 0.900. The van der Waals surface area contributed by atoms with E-state index in [1.807, 2.05) is 13.8 Å². The van der Waals surface area contributed by atoms with Gasteiger partial charge in [-0.05, 0) is 6.42 Å². The second-order valence-electron chi connectivity index (χ2n) is 2.54. The van der Waals surface area contributed by atoms with Crippen LogP contribution < -0.4 is 0 Å². The van der Waals surface area contributed by atoms with Gasteiger partial charge in [0.1, 0.15) is 0 Å². The van der Waals surface area contributed by atoms with Crippen molar-refractivity contribution in [2.24, 2.45) is 5.92 Å². The highest BCUT2D eigenvalue weighted by molar-refractivity contribution is 5.77. The third kappa shape index (κ3) is 7.58. The molecule has 0 N–H and O–H groups in total. The van der Waals surface area contributed by atoms with E-state index in [4.69, 9.17) is 0 Å². The zero-order chi connectivity index (χ0) is 7.44. The first-order valence-corrected chi connectivity index (χ1v) is 3.30. The van der Waals surface area contributed by atoms with Crippen molar-refractivity contribution >= 4 is 5.91 Å². The molecular formula is C10H27NO. The van der Waals surface area contributed by atoms with Gasteiger partial charge in [0.2, 0.25) is 5.91 Å². The van der Waals surface area contributed by atoms with Crippen molar-refractivity contribution in [3.8, 4) is 0 Å². The summed E-state index contributed by atoms with van der Waals surface area (Å²) in [5.74, 6) is 0.400. The van der Waals surface area contributed by atoms with Crippen molar-refractivity contribution in [3.63, 3.8) is 0 Å². The lowest BCUT2D eigenvalue weighted by Gasteiger charge is -2.14. The number of hydrogen-bond donors (Lipinski definition) is 0. The molecule has 1 unspecified atom stereocenters. The fourth-order valence-corrected chi connectivity index (χ4v) is 0.615. The van der Waals surface area contributed by atoms with E-state index in [1.54, 1.807) is 19.0 Å². The monoisotopic (exact) mass is 177 g/mol. The van der Waals surface area contributed by atoms with E-state index in [-0.39, 0.29) is 34.1 Å². The van der Waals surface area contributed by atoms with Crippen LogP contribution in [-0.2, 0) is 4.79 Å². The molecule has 2 heteroatoms. The molecule has 1 atom stereocenters. The van der Waals surface area contributed by atoms with Gasteiger partial charge in [-0.1, -0.05) is 36.1 Å². The molecule has 0 saturated carbocycles. The molecule has 0 aliphatic carbocycles. The van der Waals surface area contributed by atoms with E-state index in [9.17, 15) is 4.79 Å². The van der Waals surface area contributed by atoms with Crippen LogP contribution in [0.1, 0.15) is 42.5 Å². The summed E-state index contributed by atoms with van der Waals surface area (Å²) >= 11 is 0. The number of hydrogen-bond acceptors (Lipinski definition) is 1. The van der Waals surface area contributed by atoms with Crippen molar-refractivity contribution in [3.05, 3.63) is 0 Å². The van der Waals surface area contributed by atoms with Gasteiger partial charge in [0.05, 0.1) is 0 Å². The maximum absolute atomic E-state index is 11.0. The van der Waals surface area contributed by atoms with Crippen LogP contribution in [0.3, 0.4) is 0 Å². The molecule has 0 aliphatic heterocycles. The Morgan fingerprint density at radius 1 is 1.25 bits per heavy atom. The van der Waals surface area contributed by atoms with Crippen LogP contribution in [-0.4, -0.2) is 24.9 Å². The topological polar surface area (TPSA) is 20.3 Å². The zero-order valence-corrected chi connectivity index (χ0v) is 6.64. The minimum absolute atomic E-state index is 0. The molecule has 0 aromatic heterocycles. The van der Waals surface area contributed by atoms with Crippen LogP contribution in [0.2, 0.25) is 0 Å². The first-order valence-electron chi connectivity index (χ1n) is 3.30. The third-order valence-corrected chi connectivity index (χ3v) is 1.47. The minimum atomic E-state index is 0. The Balaban J connectivity index is -0.000000107. The predicted molar refractivity (Wildman–Crippen MR) is 58.3 cm³/mol. The Kier molecular flexibility index (Phi) is 19.7.